The van der Waals surface area contributed by atoms with Crippen LogP contribution in [0.2, 0.25) is 0 Å². The van der Waals surface area contributed by atoms with Crippen molar-refractivity contribution in [3.8, 4) is 0 Å². The van der Waals surface area contributed by atoms with Gasteiger partial charge in [-0.05, 0) is 54.2 Å². The van der Waals surface area contributed by atoms with Crippen molar-refractivity contribution in [1.29, 1.82) is 0 Å². The summed E-state index contributed by atoms with van der Waals surface area (Å²) in [6.45, 7) is 4.49. The summed E-state index contributed by atoms with van der Waals surface area (Å²) in [5.74, 6) is 0.424. The van der Waals surface area contributed by atoms with E-state index in [2.05, 4.69) is 78.3 Å². The van der Waals surface area contributed by atoms with Gasteiger partial charge in [0, 0.05) is 10.4 Å². The Bertz CT molecular complexity index is 665. The van der Waals surface area contributed by atoms with Crippen LogP contribution in [0.25, 0.3) is 6.08 Å². The zero-order valence-electron chi connectivity index (χ0n) is 12.7. The minimum Gasteiger partial charge on any atom is -0.0654 e. The van der Waals surface area contributed by atoms with Crippen molar-refractivity contribution < 1.29 is 0 Å². The van der Waals surface area contributed by atoms with Gasteiger partial charge in [-0.15, -0.1) is 0 Å². The van der Waals surface area contributed by atoms with Crippen LogP contribution in [0, 0.1) is 0 Å². The Hall–Kier alpha value is -1.34. The fourth-order valence-corrected chi connectivity index (χ4v) is 3.59. The number of hydrogen-bond acceptors (Lipinski definition) is 0. The fourth-order valence-electron chi connectivity index (χ4n) is 3.21. The third-order valence-corrected chi connectivity index (χ3v) is 4.82. The number of allylic oxidation sites excluding steroid dienone is 1. The number of halogens is 1. The van der Waals surface area contributed by atoms with Gasteiger partial charge >= 0.3 is 0 Å². The lowest BCUT2D eigenvalue weighted by molar-refractivity contribution is 0.794. The van der Waals surface area contributed by atoms with Crippen molar-refractivity contribution >= 4 is 22.0 Å². The molecule has 21 heavy (non-hydrogen) atoms. The minimum absolute atomic E-state index is 0.424. The van der Waals surface area contributed by atoms with E-state index in [1.807, 2.05) is 0 Å². The number of unbranched alkanes of at least 4 members (excludes halogenated alkanes) is 1. The molecule has 0 saturated heterocycles. The molecule has 1 aliphatic carbocycles. The van der Waals surface area contributed by atoms with Crippen LogP contribution in [0.4, 0.5) is 0 Å². The molecule has 2 aromatic rings. The predicted molar refractivity (Wildman–Crippen MR) is 94.7 cm³/mol. The summed E-state index contributed by atoms with van der Waals surface area (Å²) in [5.41, 5.74) is 7.07. The first-order valence-corrected chi connectivity index (χ1v) is 8.55. The predicted octanol–water partition coefficient (Wildman–Crippen LogP) is 6.34. The SMILES string of the molecule is CCCCc1ccc(C2C(C)=Cc3cc(Br)ccc32)cc1. The molecule has 1 atom stereocenters. The van der Waals surface area contributed by atoms with E-state index in [0.717, 1.165) is 4.47 Å². The topological polar surface area (TPSA) is 0 Å². The third-order valence-electron chi connectivity index (χ3n) is 4.33. The summed E-state index contributed by atoms with van der Waals surface area (Å²) in [7, 11) is 0. The maximum atomic E-state index is 3.57. The fraction of sp³-hybridized carbons (Fsp3) is 0.300. The smallest absolute Gasteiger partial charge is 0.0305 e. The Morgan fingerprint density at radius 1 is 1.05 bits per heavy atom. The van der Waals surface area contributed by atoms with Gasteiger partial charge in [0.25, 0.3) is 0 Å². The molecule has 1 unspecified atom stereocenters. The Kier molecular flexibility index (Phi) is 4.30. The number of fused-ring (bicyclic) bond motifs is 1. The molecule has 3 rings (SSSR count). The van der Waals surface area contributed by atoms with Crippen molar-refractivity contribution in [2.45, 2.75) is 39.0 Å². The van der Waals surface area contributed by atoms with E-state index in [0.29, 0.717) is 5.92 Å². The van der Waals surface area contributed by atoms with E-state index >= 15 is 0 Å². The number of aryl methyl sites for hydroxylation is 1. The van der Waals surface area contributed by atoms with Crippen LogP contribution in [-0.4, -0.2) is 0 Å². The van der Waals surface area contributed by atoms with Crippen LogP contribution in [0.5, 0.6) is 0 Å². The molecule has 0 amide bonds. The molecule has 0 spiro atoms. The molecule has 0 saturated carbocycles. The van der Waals surface area contributed by atoms with E-state index in [1.165, 1.54) is 47.1 Å². The highest BCUT2D eigenvalue weighted by atomic mass is 79.9. The zero-order valence-corrected chi connectivity index (χ0v) is 14.3. The third kappa shape index (κ3) is 2.98. The van der Waals surface area contributed by atoms with Gasteiger partial charge in [0.15, 0.2) is 0 Å². The lowest BCUT2D eigenvalue weighted by atomic mass is 9.88. The molecular weight excluding hydrogens is 320 g/mol. The molecule has 0 nitrogen and oxygen atoms in total. The van der Waals surface area contributed by atoms with E-state index < -0.39 is 0 Å². The normalized spacial score (nSPS) is 16.7. The summed E-state index contributed by atoms with van der Waals surface area (Å²) in [5, 5.41) is 0. The van der Waals surface area contributed by atoms with Gasteiger partial charge < -0.3 is 0 Å². The van der Waals surface area contributed by atoms with E-state index in [4.69, 9.17) is 0 Å². The monoisotopic (exact) mass is 340 g/mol. The largest absolute Gasteiger partial charge is 0.0654 e. The minimum atomic E-state index is 0.424. The Morgan fingerprint density at radius 2 is 1.81 bits per heavy atom. The second-order valence-electron chi connectivity index (χ2n) is 5.94. The van der Waals surface area contributed by atoms with E-state index in [1.54, 1.807) is 0 Å². The van der Waals surface area contributed by atoms with Gasteiger partial charge in [0.05, 0.1) is 0 Å². The molecule has 0 fully saturated rings. The van der Waals surface area contributed by atoms with Crippen LogP contribution < -0.4 is 0 Å². The van der Waals surface area contributed by atoms with Crippen molar-refractivity contribution in [1.82, 2.24) is 0 Å². The molecule has 0 radical (unpaired) electrons. The van der Waals surface area contributed by atoms with Crippen molar-refractivity contribution in [3.05, 3.63) is 74.8 Å². The van der Waals surface area contributed by atoms with Gasteiger partial charge in [-0.25, -0.2) is 0 Å². The first-order valence-electron chi connectivity index (χ1n) is 7.75. The molecule has 0 aliphatic heterocycles. The Labute approximate surface area is 136 Å². The first-order chi connectivity index (χ1) is 10.2. The van der Waals surface area contributed by atoms with Gasteiger partial charge in [0.2, 0.25) is 0 Å². The standard InChI is InChI=1S/C20H21Br/c1-3-4-5-15-6-8-16(9-7-15)20-14(2)12-17-13-18(21)10-11-19(17)20/h6-13,20H,3-5H2,1-2H3. The number of hydrogen-bond donors (Lipinski definition) is 0. The summed E-state index contributed by atoms with van der Waals surface area (Å²) >= 11 is 3.57. The molecule has 108 valence electrons. The summed E-state index contributed by atoms with van der Waals surface area (Å²) < 4.78 is 1.15. The highest BCUT2D eigenvalue weighted by Gasteiger charge is 2.23. The van der Waals surface area contributed by atoms with Crippen LogP contribution >= 0.6 is 15.9 Å². The van der Waals surface area contributed by atoms with Gasteiger partial charge in [-0.1, -0.05) is 71.3 Å². The summed E-state index contributed by atoms with van der Waals surface area (Å²) in [4.78, 5) is 0. The lowest BCUT2D eigenvalue weighted by Gasteiger charge is -2.16. The quantitative estimate of drug-likeness (QED) is 0.609. The molecule has 1 heteroatoms. The zero-order chi connectivity index (χ0) is 14.8. The van der Waals surface area contributed by atoms with Crippen LogP contribution in [0.15, 0.2) is 52.5 Å². The second-order valence-corrected chi connectivity index (χ2v) is 6.86. The lowest BCUT2D eigenvalue weighted by Crippen LogP contribution is -2.00. The van der Waals surface area contributed by atoms with Crippen LogP contribution in [-0.2, 0) is 6.42 Å². The van der Waals surface area contributed by atoms with Crippen molar-refractivity contribution in [2.75, 3.05) is 0 Å². The molecule has 1 aliphatic rings. The van der Waals surface area contributed by atoms with E-state index in [9.17, 15) is 0 Å². The molecule has 0 heterocycles. The highest BCUT2D eigenvalue weighted by Crippen LogP contribution is 2.41. The van der Waals surface area contributed by atoms with Crippen molar-refractivity contribution in [2.24, 2.45) is 0 Å². The second kappa shape index (κ2) is 6.19. The summed E-state index contributed by atoms with van der Waals surface area (Å²) in [6, 6.07) is 15.8. The summed E-state index contributed by atoms with van der Waals surface area (Å²) in [6.07, 6.45) is 6.04. The molecule has 0 N–H and O–H groups in total. The average Bonchev–Trinajstić information content (AvgIpc) is 2.80. The van der Waals surface area contributed by atoms with Gasteiger partial charge in [0.1, 0.15) is 0 Å². The molecular formula is C20H21Br. The number of benzene rings is 2. The first kappa shape index (κ1) is 14.6. The Morgan fingerprint density at radius 3 is 2.52 bits per heavy atom. The van der Waals surface area contributed by atoms with Gasteiger partial charge in [-0.3, -0.25) is 0 Å². The average molecular weight is 341 g/mol. The Balaban J connectivity index is 1.89. The van der Waals surface area contributed by atoms with Crippen molar-refractivity contribution in [3.63, 3.8) is 0 Å². The van der Waals surface area contributed by atoms with Crippen LogP contribution in [0.3, 0.4) is 0 Å². The molecule has 0 aromatic heterocycles. The maximum absolute atomic E-state index is 3.57. The highest BCUT2D eigenvalue weighted by molar-refractivity contribution is 9.10. The van der Waals surface area contributed by atoms with Gasteiger partial charge in [-0.2, -0.15) is 0 Å². The molecule has 0 bridgehead atoms. The number of rotatable bonds is 4. The van der Waals surface area contributed by atoms with Crippen LogP contribution in [0.1, 0.15) is 54.9 Å². The molecule has 2 aromatic carbocycles. The maximum Gasteiger partial charge on any atom is 0.0305 e. The van der Waals surface area contributed by atoms with E-state index in [-0.39, 0.29) is 0 Å².